The van der Waals surface area contributed by atoms with Crippen LogP contribution >= 0.6 is 46.4 Å². The summed E-state index contributed by atoms with van der Waals surface area (Å²) >= 11 is 4.58. The number of carboxylic acid groups (broad SMARTS) is 1. The normalized spacial score (nSPS) is 24.1. The third-order valence-corrected chi connectivity index (χ3v) is 9.80. The zero-order chi connectivity index (χ0) is 26.1. The molecule has 2 aromatic heterocycles. The number of nitrogens with two attached hydrogens (primary N) is 1. The Morgan fingerprint density at radius 3 is 2.86 bits per heavy atom. The van der Waals surface area contributed by atoms with Gasteiger partial charge in [-0.25, -0.2) is 8.42 Å². The van der Waals surface area contributed by atoms with Crippen LogP contribution in [0.2, 0.25) is 0 Å². The highest BCUT2D eigenvalue weighted by molar-refractivity contribution is 8.01. The van der Waals surface area contributed by atoms with Gasteiger partial charge in [0, 0.05) is 35.8 Å². The number of hydrogen-bond donors (Lipinski definition) is 3. The van der Waals surface area contributed by atoms with Crippen molar-refractivity contribution in [1.82, 2.24) is 29.8 Å². The summed E-state index contributed by atoms with van der Waals surface area (Å²) in [4.78, 5) is 48.0. The number of β-lactam (4-membered cyclic amide) rings is 1. The van der Waals surface area contributed by atoms with E-state index in [9.17, 15) is 27.9 Å². The lowest BCUT2D eigenvalue weighted by molar-refractivity contribution is -0.157. The molecule has 2 saturated heterocycles. The van der Waals surface area contributed by atoms with Crippen LogP contribution in [0, 0.1) is 5.41 Å². The van der Waals surface area contributed by atoms with Crippen molar-refractivity contribution in [2.75, 3.05) is 36.0 Å². The van der Waals surface area contributed by atoms with E-state index in [4.69, 9.17) is 10.6 Å². The lowest BCUT2D eigenvalue weighted by Gasteiger charge is -2.53. The van der Waals surface area contributed by atoms with Crippen LogP contribution in [0.15, 0.2) is 15.0 Å². The molecule has 0 aliphatic carbocycles. The number of carboxylic acids is 1. The third-order valence-electron chi connectivity index (χ3n) is 4.99. The summed E-state index contributed by atoms with van der Waals surface area (Å²) in [6.07, 6.45) is 0.923. The standard InChI is InChI=1S/C16H18N8O7S5/c1-36(29,30)6-31-22-7(9-20-14(17)35-23-9)10(25)19-8-11(26)24-2-16(13(27)28,3-32-12(8)24)4-33-15-21-18-5-34-15/h5,8,12H,2-4,6H2,1H3,(H,19,25)(H,27,28)(H2,17,20,23)/t8?,12-,16?/m1/s1. The molecule has 0 bridgehead atoms. The van der Waals surface area contributed by atoms with E-state index in [2.05, 4.69) is 30.0 Å². The lowest BCUT2D eigenvalue weighted by atomic mass is 9.89. The molecule has 15 nitrogen and oxygen atoms in total. The molecule has 2 amide bonds. The zero-order valence-electron chi connectivity index (χ0n) is 18.3. The minimum absolute atomic E-state index is 0.0282. The molecule has 2 fully saturated rings. The van der Waals surface area contributed by atoms with Crippen LogP contribution in [0.5, 0.6) is 0 Å². The molecule has 0 saturated carbocycles. The lowest BCUT2D eigenvalue weighted by Crippen LogP contribution is -2.74. The molecule has 4 heterocycles. The highest BCUT2D eigenvalue weighted by Crippen LogP contribution is 2.44. The van der Waals surface area contributed by atoms with Crippen LogP contribution in [0.25, 0.3) is 0 Å². The maximum atomic E-state index is 12.9. The van der Waals surface area contributed by atoms with E-state index in [1.807, 2.05) is 0 Å². The number of carbonyl (C=O) groups excluding carboxylic acids is 2. The van der Waals surface area contributed by atoms with Crippen molar-refractivity contribution in [2.45, 2.75) is 15.8 Å². The maximum Gasteiger partial charge on any atom is 0.313 e. The number of amides is 2. The molecule has 2 aliphatic heterocycles. The largest absolute Gasteiger partial charge is 0.481 e. The number of sulfone groups is 1. The molecular weight excluding hydrogens is 577 g/mol. The van der Waals surface area contributed by atoms with Crippen molar-refractivity contribution in [1.29, 1.82) is 0 Å². The van der Waals surface area contributed by atoms with Crippen LogP contribution < -0.4 is 11.1 Å². The summed E-state index contributed by atoms with van der Waals surface area (Å²) in [7, 11) is -3.55. The van der Waals surface area contributed by atoms with Gasteiger partial charge in [0.2, 0.25) is 23.4 Å². The highest BCUT2D eigenvalue weighted by Gasteiger charge is 2.57. The molecule has 4 rings (SSSR count). The van der Waals surface area contributed by atoms with Gasteiger partial charge in [0.25, 0.3) is 5.91 Å². The number of fused-ring (bicyclic) bond motifs is 1. The van der Waals surface area contributed by atoms with Crippen molar-refractivity contribution >= 4 is 84.9 Å². The number of thioether (sulfide) groups is 2. The third kappa shape index (κ3) is 5.71. The van der Waals surface area contributed by atoms with Crippen molar-refractivity contribution in [3.8, 4) is 0 Å². The van der Waals surface area contributed by atoms with Gasteiger partial charge < -0.3 is 25.9 Å². The Balaban J connectivity index is 1.44. The van der Waals surface area contributed by atoms with E-state index in [-0.39, 0.29) is 29.0 Å². The topological polar surface area (TPSA) is 220 Å². The van der Waals surface area contributed by atoms with Crippen LogP contribution in [-0.2, 0) is 29.1 Å². The molecule has 2 unspecified atom stereocenters. The fourth-order valence-electron chi connectivity index (χ4n) is 3.24. The predicted octanol–water partition coefficient (Wildman–Crippen LogP) is -1.04. The Labute approximate surface area is 220 Å². The fraction of sp³-hybridized carbons (Fsp3) is 0.500. The van der Waals surface area contributed by atoms with Crippen molar-refractivity contribution in [3.63, 3.8) is 0 Å². The van der Waals surface area contributed by atoms with E-state index in [0.29, 0.717) is 4.34 Å². The Hall–Kier alpha value is -2.55. The van der Waals surface area contributed by atoms with E-state index < -0.39 is 56.1 Å². The first-order valence-electron chi connectivity index (χ1n) is 9.82. The van der Waals surface area contributed by atoms with Gasteiger partial charge in [-0.1, -0.05) is 28.3 Å². The van der Waals surface area contributed by atoms with Gasteiger partial charge in [-0.05, 0) is 0 Å². The monoisotopic (exact) mass is 594 g/mol. The molecule has 4 N–H and O–H groups in total. The molecule has 36 heavy (non-hydrogen) atoms. The van der Waals surface area contributed by atoms with Crippen LogP contribution in [-0.4, -0.2) is 103 Å². The van der Waals surface area contributed by atoms with Gasteiger partial charge in [-0.15, -0.1) is 22.0 Å². The number of nitrogens with one attached hydrogen (secondary N) is 1. The van der Waals surface area contributed by atoms with E-state index >= 15 is 0 Å². The molecule has 0 aromatic carbocycles. The quantitative estimate of drug-likeness (QED) is 0.129. The van der Waals surface area contributed by atoms with E-state index in [0.717, 1.165) is 17.8 Å². The minimum Gasteiger partial charge on any atom is -0.481 e. The average Bonchev–Trinajstić information content (AvgIpc) is 3.49. The molecule has 2 aromatic rings. The summed E-state index contributed by atoms with van der Waals surface area (Å²) in [5.74, 6) is -2.95. The highest BCUT2D eigenvalue weighted by atomic mass is 32.2. The first-order chi connectivity index (χ1) is 17.0. The summed E-state index contributed by atoms with van der Waals surface area (Å²) in [5.41, 5.74) is 5.47. The molecule has 20 heteroatoms. The first kappa shape index (κ1) is 26.5. The molecule has 2 aliphatic rings. The van der Waals surface area contributed by atoms with Crippen molar-refractivity contribution < 1.29 is 32.7 Å². The van der Waals surface area contributed by atoms with Crippen LogP contribution in [0.3, 0.4) is 0 Å². The number of rotatable bonds is 10. The Kier molecular flexibility index (Phi) is 7.69. The number of aliphatic carboxylic acids is 1. The molecule has 0 radical (unpaired) electrons. The summed E-state index contributed by atoms with van der Waals surface area (Å²) in [6, 6.07) is -0.957. The van der Waals surface area contributed by atoms with Gasteiger partial charge in [0.15, 0.2) is 19.3 Å². The number of carbonyl (C=O) groups is 3. The van der Waals surface area contributed by atoms with Gasteiger partial charge in [-0.2, -0.15) is 9.36 Å². The Morgan fingerprint density at radius 2 is 2.25 bits per heavy atom. The minimum atomic E-state index is -3.55. The zero-order valence-corrected chi connectivity index (χ0v) is 22.3. The molecule has 3 atom stereocenters. The maximum absolute atomic E-state index is 12.9. The van der Waals surface area contributed by atoms with E-state index in [1.54, 1.807) is 5.51 Å². The average molecular weight is 595 g/mol. The van der Waals surface area contributed by atoms with Gasteiger partial charge in [-0.3, -0.25) is 14.4 Å². The molecule has 0 spiro atoms. The number of oxime groups is 1. The van der Waals surface area contributed by atoms with Crippen LogP contribution in [0.4, 0.5) is 5.13 Å². The van der Waals surface area contributed by atoms with E-state index in [1.165, 1.54) is 39.8 Å². The summed E-state index contributed by atoms with van der Waals surface area (Å²) in [6.45, 7) is -0.0282. The number of hydrogen-bond acceptors (Lipinski definition) is 16. The summed E-state index contributed by atoms with van der Waals surface area (Å²) < 4.78 is 27.2. The van der Waals surface area contributed by atoms with Crippen LogP contribution in [0.1, 0.15) is 5.82 Å². The number of nitrogen functional groups attached to an aromatic ring is 1. The second kappa shape index (κ2) is 10.4. The number of anilines is 1. The molecule has 194 valence electrons. The second-order valence-corrected chi connectivity index (χ2v) is 13.8. The number of nitrogens with zero attached hydrogens (tertiary/aromatic N) is 6. The molecular formula is C16H18N8O7S5. The van der Waals surface area contributed by atoms with Gasteiger partial charge in [0.1, 0.15) is 22.3 Å². The SMILES string of the molecule is CS(=O)(=O)CON=C(C(=O)NC1C(=O)N2CC(CSc3nncs3)(C(=O)O)CS[C@H]12)c1nsc(N)n1. The smallest absolute Gasteiger partial charge is 0.313 e. The Bertz CT molecular complexity index is 1300. The predicted molar refractivity (Wildman–Crippen MR) is 132 cm³/mol. The van der Waals surface area contributed by atoms with Crippen molar-refractivity contribution in [3.05, 3.63) is 11.3 Å². The number of aromatic nitrogens is 4. The van der Waals surface area contributed by atoms with Crippen molar-refractivity contribution in [2.24, 2.45) is 10.6 Å². The summed E-state index contributed by atoms with van der Waals surface area (Å²) in [5, 5.41) is 23.2. The van der Waals surface area contributed by atoms with Gasteiger partial charge >= 0.3 is 5.97 Å². The van der Waals surface area contributed by atoms with Gasteiger partial charge in [0.05, 0.1) is 0 Å². The second-order valence-electron chi connectivity index (χ2n) is 7.77. The fourth-order valence-corrected chi connectivity index (χ4v) is 7.27. The Morgan fingerprint density at radius 1 is 1.47 bits per heavy atom. The first-order valence-corrected chi connectivity index (χ1v) is 15.6.